The summed E-state index contributed by atoms with van der Waals surface area (Å²) in [6.45, 7) is 4.67. The fourth-order valence-electron chi connectivity index (χ4n) is 2.44. The van der Waals surface area contributed by atoms with E-state index in [1.807, 2.05) is 29.6 Å². The third-order valence-corrected chi connectivity index (χ3v) is 5.13. The van der Waals surface area contributed by atoms with Crippen LogP contribution in [0.1, 0.15) is 19.4 Å². The van der Waals surface area contributed by atoms with Crippen LogP contribution in [0, 0.1) is 5.92 Å². The van der Waals surface area contributed by atoms with Crippen LogP contribution in [0.5, 0.6) is 11.5 Å². The van der Waals surface area contributed by atoms with Gasteiger partial charge in [0.2, 0.25) is 5.13 Å². The lowest BCUT2D eigenvalue weighted by molar-refractivity contribution is 0.271. The van der Waals surface area contributed by atoms with Gasteiger partial charge in [0.25, 0.3) is 0 Å². The van der Waals surface area contributed by atoms with Gasteiger partial charge in [-0.1, -0.05) is 49.2 Å². The molecule has 1 N–H and O–H groups in total. The van der Waals surface area contributed by atoms with Gasteiger partial charge in [0.15, 0.2) is 5.75 Å². The Hall–Kier alpha value is -2.28. The molecule has 0 radical (unpaired) electrons. The summed E-state index contributed by atoms with van der Waals surface area (Å²) in [5, 5.41) is 7.77. The highest BCUT2D eigenvalue weighted by Crippen LogP contribution is 2.34. The molecule has 0 atom stereocenters. The molecule has 3 rings (SSSR count). The Bertz CT molecular complexity index is 982. The number of ether oxygens (including phenoxy) is 2. The number of rotatable bonds is 8. The van der Waals surface area contributed by atoms with E-state index in [4.69, 9.17) is 32.7 Å². The number of aromatic nitrogens is 1. The van der Waals surface area contributed by atoms with Crippen molar-refractivity contribution in [2.75, 3.05) is 19.1 Å². The van der Waals surface area contributed by atoms with Crippen molar-refractivity contribution < 1.29 is 9.47 Å². The highest BCUT2D eigenvalue weighted by atomic mass is 35.5. The molecule has 1 aromatic heterocycles. The maximum Gasteiger partial charge on any atom is 0.203 e. The van der Waals surface area contributed by atoms with Crippen LogP contribution in [-0.2, 0) is 0 Å². The van der Waals surface area contributed by atoms with Gasteiger partial charge in [-0.05, 0) is 35.7 Å². The minimum atomic E-state index is 0.382. The van der Waals surface area contributed by atoms with Crippen molar-refractivity contribution in [3.8, 4) is 22.8 Å². The fourth-order valence-corrected chi connectivity index (χ4v) is 3.73. The summed E-state index contributed by atoms with van der Waals surface area (Å²) in [7, 11) is 1.64. The predicted molar refractivity (Wildman–Crippen MR) is 122 cm³/mol. The van der Waals surface area contributed by atoms with Crippen LogP contribution >= 0.6 is 34.5 Å². The van der Waals surface area contributed by atoms with Crippen LogP contribution in [0.25, 0.3) is 11.3 Å². The van der Waals surface area contributed by atoms with Crippen molar-refractivity contribution in [3.05, 3.63) is 57.4 Å². The molecular formula is C21H21Cl2N3O2S. The van der Waals surface area contributed by atoms with E-state index in [1.165, 1.54) is 11.3 Å². The number of methoxy groups -OCH3 is 1. The van der Waals surface area contributed by atoms with E-state index in [2.05, 4.69) is 29.4 Å². The van der Waals surface area contributed by atoms with Crippen molar-refractivity contribution in [1.29, 1.82) is 0 Å². The first-order valence-corrected chi connectivity index (χ1v) is 10.6. The van der Waals surface area contributed by atoms with E-state index >= 15 is 0 Å². The molecule has 0 amide bonds. The second-order valence-corrected chi connectivity index (χ2v) is 8.33. The molecule has 2 aromatic carbocycles. The van der Waals surface area contributed by atoms with Crippen LogP contribution < -0.4 is 14.9 Å². The molecule has 0 saturated heterocycles. The summed E-state index contributed by atoms with van der Waals surface area (Å²) < 4.78 is 10.9. The number of benzene rings is 2. The van der Waals surface area contributed by atoms with E-state index in [9.17, 15) is 0 Å². The van der Waals surface area contributed by atoms with Gasteiger partial charge in [0.1, 0.15) is 5.75 Å². The van der Waals surface area contributed by atoms with Gasteiger partial charge in [-0.25, -0.2) is 4.98 Å². The van der Waals surface area contributed by atoms with E-state index < -0.39 is 0 Å². The summed E-state index contributed by atoms with van der Waals surface area (Å²) in [5.41, 5.74) is 5.52. The van der Waals surface area contributed by atoms with Gasteiger partial charge in [-0.15, -0.1) is 11.3 Å². The number of nitrogens with zero attached hydrogens (tertiary/aromatic N) is 2. The number of hydrogen-bond donors (Lipinski definition) is 1. The summed E-state index contributed by atoms with van der Waals surface area (Å²) in [6, 6.07) is 11.3. The van der Waals surface area contributed by atoms with Crippen molar-refractivity contribution >= 4 is 45.9 Å². The summed E-state index contributed by atoms with van der Waals surface area (Å²) in [6.07, 6.45) is 1.64. The second kappa shape index (κ2) is 9.96. The lowest BCUT2D eigenvalue weighted by Gasteiger charge is -2.12. The Morgan fingerprint density at radius 3 is 2.66 bits per heavy atom. The normalized spacial score (nSPS) is 11.2. The smallest absolute Gasteiger partial charge is 0.203 e. The van der Waals surface area contributed by atoms with Gasteiger partial charge < -0.3 is 9.47 Å². The minimum Gasteiger partial charge on any atom is -0.497 e. The van der Waals surface area contributed by atoms with Crippen molar-refractivity contribution in [2.45, 2.75) is 13.8 Å². The largest absolute Gasteiger partial charge is 0.497 e. The number of hydrazone groups is 1. The molecule has 5 nitrogen and oxygen atoms in total. The van der Waals surface area contributed by atoms with E-state index in [1.54, 1.807) is 25.5 Å². The SMILES string of the molecule is COc1cccc(-c2csc(N/N=C\c3cc(Cl)c(OCC(C)C)c(Cl)c3)n2)c1. The zero-order valence-corrected chi connectivity index (χ0v) is 18.6. The Labute approximate surface area is 184 Å². The Balaban J connectivity index is 1.66. The first-order chi connectivity index (χ1) is 14.0. The maximum absolute atomic E-state index is 6.30. The van der Waals surface area contributed by atoms with Crippen molar-refractivity contribution in [2.24, 2.45) is 11.0 Å². The van der Waals surface area contributed by atoms with Crippen LogP contribution in [0.15, 0.2) is 46.9 Å². The quantitative estimate of drug-likeness (QED) is 0.310. The molecule has 8 heteroatoms. The number of hydrogen-bond acceptors (Lipinski definition) is 6. The standard InChI is InChI=1S/C21H21Cl2N3O2S/c1-13(2)11-28-20-17(22)7-14(8-18(20)23)10-24-26-21-25-19(12-29-21)15-5-4-6-16(9-15)27-3/h4-10,12-13H,11H2,1-3H3,(H,25,26)/b24-10-. The molecule has 0 bridgehead atoms. The zero-order chi connectivity index (χ0) is 20.8. The zero-order valence-electron chi connectivity index (χ0n) is 16.3. The lowest BCUT2D eigenvalue weighted by Crippen LogP contribution is -2.05. The molecule has 0 aliphatic rings. The Kier molecular flexibility index (Phi) is 7.36. The molecule has 3 aromatic rings. The van der Waals surface area contributed by atoms with E-state index in [0.717, 1.165) is 22.6 Å². The van der Waals surface area contributed by atoms with E-state index in [0.29, 0.717) is 33.5 Å². The third kappa shape index (κ3) is 5.85. The highest BCUT2D eigenvalue weighted by Gasteiger charge is 2.10. The van der Waals surface area contributed by atoms with Gasteiger partial charge in [-0.3, -0.25) is 5.43 Å². The molecule has 0 fully saturated rings. The average Bonchev–Trinajstić information content (AvgIpc) is 3.16. The fraction of sp³-hybridized carbons (Fsp3) is 0.238. The summed E-state index contributed by atoms with van der Waals surface area (Å²) >= 11 is 14.1. The van der Waals surface area contributed by atoms with Crippen LogP contribution in [0.2, 0.25) is 10.0 Å². The molecule has 0 saturated carbocycles. The lowest BCUT2D eigenvalue weighted by atomic mass is 10.2. The maximum atomic E-state index is 6.30. The number of thiazole rings is 1. The minimum absolute atomic E-state index is 0.382. The highest BCUT2D eigenvalue weighted by molar-refractivity contribution is 7.14. The number of anilines is 1. The topological polar surface area (TPSA) is 55.7 Å². The number of halogens is 2. The summed E-state index contributed by atoms with van der Waals surface area (Å²) in [5.74, 6) is 1.67. The van der Waals surface area contributed by atoms with Gasteiger partial charge >= 0.3 is 0 Å². The first kappa shape index (κ1) is 21.4. The monoisotopic (exact) mass is 449 g/mol. The van der Waals surface area contributed by atoms with Crippen molar-refractivity contribution in [3.63, 3.8) is 0 Å². The molecule has 0 spiro atoms. The average molecular weight is 450 g/mol. The Morgan fingerprint density at radius 1 is 1.21 bits per heavy atom. The molecule has 29 heavy (non-hydrogen) atoms. The van der Waals surface area contributed by atoms with Gasteiger partial charge in [0.05, 0.1) is 35.7 Å². The molecule has 152 valence electrons. The molecular weight excluding hydrogens is 429 g/mol. The van der Waals surface area contributed by atoms with Crippen molar-refractivity contribution in [1.82, 2.24) is 4.98 Å². The molecule has 1 heterocycles. The van der Waals surface area contributed by atoms with E-state index in [-0.39, 0.29) is 0 Å². The summed E-state index contributed by atoms with van der Waals surface area (Å²) in [4.78, 5) is 4.54. The Morgan fingerprint density at radius 2 is 1.97 bits per heavy atom. The van der Waals surface area contributed by atoms with Crippen LogP contribution in [-0.4, -0.2) is 24.9 Å². The van der Waals surface area contributed by atoms with Crippen LogP contribution in [0.4, 0.5) is 5.13 Å². The second-order valence-electron chi connectivity index (χ2n) is 6.66. The predicted octanol–water partition coefficient (Wildman–Crippen LogP) is 6.61. The molecule has 0 aliphatic carbocycles. The van der Waals surface area contributed by atoms with Crippen LogP contribution in [0.3, 0.4) is 0 Å². The first-order valence-electron chi connectivity index (χ1n) is 8.97. The van der Waals surface area contributed by atoms with Gasteiger partial charge in [0, 0.05) is 10.9 Å². The number of nitrogens with one attached hydrogen (secondary N) is 1. The molecule has 0 aliphatic heterocycles. The third-order valence-electron chi connectivity index (χ3n) is 3.83. The molecule has 0 unspecified atom stereocenters. The van der Waals surface area contributed by atoms with Gasteiger partial charge in [-0.2, -0.15) is 5.10 Å².